The van der Waals surface area contributed by atoms with Gasteiger partial charge >= 0.3 is 0 Å². The summed E-state index contributed by atoms with van der Waals surface area (Å²) in [5.41, 5.74) is 0.673. The third kappa shape index (κ3) is 8.01. The molecule has 0 saturated carbocycles. The average molecular weight is 566 g/mol. The maximum absolute atomic E-state index is 13.4. The summed E-state index contributed by atoms with van der Waals surface area (Å²) in [5.74, 6) is 0.466. The quantitative estimate of drug-likeness (QED) is 0.467. The molecule has 3 rings (SSSR count). The Morgan fingerprint density at radius 2 is 1.74 bits per heavy atom. The molecule has 11 heteroatoms. The molecule has 208 valence electrons. The second kappa shape index (κ2) is 12.3. The molecule has 2 aromatic carbocycles. The predicted octanol–water partition coefficient (Wildman–Crippen LogP) is 3.99. The molecule has 1 atom stereocenters. The van der Waals surface area contributed by atoms with Crippen molar-refractivity contribution < 1.29 is 27.5 Å². The third-order valence-electron chi connectivity index (χ3n) is 5.93. The number of hydrogen-bond donors (Lipinski definition) is 1. The normalized spacial score (nSPS) is 13.9. The summed E-state index contributed by atoms with van der Waals surface area (Å²) in [6, 6.07) is 11.3. The molecular weight excluding hydrogens is 530 g/mol. The summed E-state index contributed by atoms with van der Waals surface area (Å²) in [5, 5.41) is 3.42. The van der Waals surface area contributed by atoms with E-state index >= 15 is 0 Å². The van der Waals surface area contributed by atoms with Crippen LogP contribution in [-0.2, 0) is 26.2 Å². The van der Waals surface area contributed by atoms with Gasteiger partial charge in [0.15, 0.2) is 11.5 Å². The van der Waals surface area contributed by atoms with E-state index in [0.717, 1.165) is 6.26 Å². The molecule has 1 aliphatic heterocycles. The van der Waals surface area contributed by atoms with Crippen LogP contribution < -0.4 is 19.1 Å². The minimum Gasteiger partial charge on any atom is -0.486 e. The van der Waals surface area contributed by atoms with Crippen molar-refractivity contribution in [1.82, 2.24) is 10.2 Å². The zero-order valence-corrected chi connectivity index (χ0v) is 24.1. The smallest absolute Gasteiger partial charge is 0.242 e. The topological polar surface area (TPSA) is 105 Å². The van der Waals surface area contributed by atoms with Gasteiger partial charge in [-0.1, -0.05) is 29.8 Å². The van der Waals surface area contributed by atoms with Crippen LogP contribution in [0.15, 0.2) is 42.5 Å². The SMILES string of the molecule is CC(C(=O)NC(C)(C)C)N(Cc1ccccc1Cl)C(=O)CCCN(c1ccc2c(c1)OCCO2)S(C)(=O)=O. The number of amides is 2. The van der Waals surface area contributed by atoms with E-state index in [-0.39, 0.29) is 37.7 Å². The van der Waals surface area contributed by atoms with Gasteiger partial charge in [0.2, 0.25) is 21.8 Å². The lowest BCUT2D eigenvalue weighted by atomic mass is 10.1. The number of carbonyl (C=O) groups excluding carboxylic acids is 2. The summed E-state index contributed by atoms with van der Waals surface area (Å²) < 4.78 is 37.6. The average Bonchev–Trinajstić information content (AvgIpc) is 2.83. The molecule has 0 fully saturated rings. The Kier molecular flexibility index (Phi) is 9.54. The zero-order chi connectivity index (χ0) is 28.1. The number of hydrogen-bond acceptors (Lipinski definition) is 6. The van der Waals surface area contributed by atoms with Gasteiger partial charge in [-0.3, -0.25) is 13.9 Å². The molecule has 0 bridgehead atoms. The molecule has 38 heavy (non-hydrogen) atoms. The van der Waals surface area contributed by atoms with Crippen molar-refractivity contribution >= 4 is 39.1 Å². The lowest BCUT2D eigenvalue weighted by molar-refractivity contribution is -0.141. The van der Waals surface area contributed by atoms with Gasteiger partial charge in [-0.15, -0.1) is 0 Å². The fraction of sp³-hybridized carbons (Fsp3) is 0.481. The molecule has 0 spiro atoms. The van der Waals surface area contributed by atoms with E-state index in [4.69, 9.17) is 21.1 Å². The summed E-state index contributed by atoms with van der Waals surface area (Å²) in [6.07, 6.45) is 1.40. The van der Waals surface area contributed by atoms with E-state index in [1.807, 2.05) is 32.9 Å². The highest BCUT2D eigenvalue weighted by Crippen LogP contribution is 2.34. The van der Waals surface area contributed by atoms with Crippen LogP contribution in [0.4, 0.5) is 5.69 Å². The highest BCUT2D eigenvalue weighted by molar-refractivity contribution is 7.92. The van der Waals surface area contributed by atoms with Crippen LogP contribution in [0.25, 0.3) is 0 Å². The Hall–Kier alpha value is -2.98. The number of halogens is 1. The molecule has 1 N–H and O–H groups in total. The van der Waals surface area contributed by atoms with Gasteiger partial charge in [-0.25, -0.2) is 8.42 Å². The number of nitrogens with zero attached hydrogens (tertiary/aromatic N) is 2. The monoisotopic (exact) mass is 565 g/mol. The van der Waals surface area contributed by atoms with Gasteiger partial charge in [0.1, 0.15) is 19.3 Å². The Bertz CT molecular complexity index is 1260. The summed E-state index contributed by atoms with van der Waals surface area (Å²) >= 11 is 6.35. The fourth-order valence-electron chi connectivity index (χ4n) is 4.06. The number of anilines is 1. The Balaban J connectivity index is 1.76. The lowest BCUT2D eigenvalue weighted by Gasteiger charge is -2.32. The molecule has 1 heterocycles. The summed E-state index contributed by atoms with van der Waals surface area (Å²) in [4.78, 5) is 27.9. The third-order valence-corrected chi connectivity index (χ3v) is 7.49. The predicted molar refractivity (Wildman–Crippen MR) is 148 cm³/mol. The molecule has 1 aliphatic rings. The van der Waals surface area contributed by atoms with Gasteiger partial charge in [0, 0.05) is 36.1 Å². The van der Waals surface area contributed by atoms with Gasteiger partial charge < -0.3 is 19.7 Å². The van der Waals surface area contributed by atoms with E-state index < -0.39 is 21.6 Å². The number of fused-ring (bicyclic) bond motifs is 1. The minimum absolute atomic E-state index is 0.0359. The number of carbonyl (C=O) groups is 2. The first-order valence-electron chi connectivity index (χ1n) is 12.5. The molecule has 0 aliphatic carbocycles. The number of ether oxygens (including phenoxy) is 2. The number of benzene rings is 2. The van der Waals surface area contributed by atoms with Crippen molar-refractivity contribution in [2.24, 2.45) is 0 Å². The first-order chi connectivity index (χ1) is 17.8. The Morgan fingerprint density at radius 3 is 2.37 bits per heavy atom. The molecule has 2 aromatic rings. The van der Waals surface area contributed by atoms with Crippen molar-refractivity contribution in [2.45, 2.75) is 58.7 Å². The number of sulfonamides is 1. The van der Waals surface area contributed by atoms with Crippen molar-refractivity contribution in [1.29, 1.82) is 0 Å². The van der Waals surface area contributed by atoms with Crippen LogP contribution >= 0.6 is 11.6 Å². The first kappa shape index (κ1) is 29.6. The van der Waals surface area contributed by atoms with E-state index in [9.17, 15) is 18.0 Å². The number of rotatable bonds is 10. The first-order valence-corrected chi connectivity index (χ1v) is 14.7. The fourth-order valence-corrected chi connectivity index (χ4v) is 5.21. The highest BCUT2D eigenvalue weighted by Gasteiger charge is 2.29. The standard InChI is InChI=1S/C27H36ClN3O6S/c1-19(26(33)29-27(2,3)4)30(18-20-9-6-7-10-22(20)28)25(32)11-8-14-31(38(5,34)35)21-12-13-23-24(17-21)37-16-15-36-23/h6-7,9-10,12-13,17,19H,8,11,14-16,18H2,1-5H3,(H,29,33). The zero-order valence-electron chi connectivity index (χ0n) is 22.5. The van der Waals surface area contributed by atoms with E-state index in [2.05, 4.69) is 5.32 Å². The van der Waals surface area contributed by atoms with Gasteiger partial charge in [-0.05, 0) is 57.9 Å². The van der Waals surface area contributed by atoms with Gasteiger partial charge in [-0.2, -0.15) is 0 Å². The molecule has 9 nitrogen and oxygen atoms in total. The van der Waals surface area contributed by atoms with E-state index in [1.54, 1.807) is 37.3 Å². The van der Waals surface area contributed by atoms with Crippen molar-refractivity contribution in [3.63, 3.8) is 0 Å². The second-order valence-electron chi connectivity index (χ2n) is 10.3. The molecule has 1 unspecified atom stereocenters. The van der Waals surface area contributed by atoms with Crippen LogP contribution in [0, 0.1) is 0 Å². The Morgan fingerprint density at radius 1 is 1.08 bits per heavy atom. The minimum atomic E-state index is -3.64. The summed E-state index contributed by atoms with van der Waals surface area (Å²) in [6.45, 7) is 8.32. The maximum Gasteiger partial charge on any atom is 0.242 e. The van der Waals surface area contributed by atoms with E-state index in [1.165, 1.54) is 9.21 Å². The maximum atomic E-state index is 13.4. The molecule has 0 radical (unpaired) electrons. The van der Waals surface area contributed by atoms with Gasteiger partial charge in [0.25, 0.3) is 0 Å². The molecule has 2 amide bonds. The molecule has 0 aromatic heterocycles. The van der Waals surface area contributed by atoms with Gasteiger partial charge in [0.05, 0.1) is 11.9 Å². The molecular formula is C27H36ClN3O6S. The largest absolute Gasteiger partial charge is 0.486 e. The second-order valence-corrected chi connectivity index (χ2v) is 12.6. The van der Waals surface area contributed by atoms with Crippen molar-refractivity contribution in [3.05, 3.63) is 53.1 Å². The van der Waals surface area contributed by atoms with Crippen LogP contribution in [0.1, 0.15) is 46.1 Å². The van der Waals surface area contributed by atoms with Crippen LogP contribution in [0.5, 0.6) is 11.5 Å². The number of nitrogens with one attached hydrogen (secondary N) is 1. The van der Waals surface area contributed by atoms with Crippen LogP contribution in [0.3, 0.4) is 0 Å². The van der Waals surface area contributed by atoms with Crippen molar-refractivity contribution in [2.75, 3.05) is 30.3 Å². The lowest BCUT2D eigenvalue weighted by Crippen LogP contribution is -2.52. The summed E-state index contributed by atoms with van der Waals surface area (Å²) in [7, 11) is -3.64. The molecule has 0 saturated heterocycles. The Labute approximate surface area is 230 Å². The van der Waals surface area contributed by atoms with Crippen LogP contribution in [-0.4, -0.2) is 62.7 Å². The van der Waals surface area contributed by atoms with Crippen molar-refractivity contribution in [3.8, 4) is 11.5 Å². The van der Waals surface area contributed by atoms with Crippen LogP contribution in [0.2, 0.25) is 5.02 Å². The van der Waals surface area contributed by atoms with E-state index in [0.29, 0.717) is 41.0 Å². The highest BCUT2D eigenvalue weighted by atomic mass is 35.5.